The van der Waals surface area contributed by atoms with E-state index in [1.165, 1.54) is 6.20 Å². The van der Waals surface area contributed by atoms with E-state index in [-0.39, 0.29) is 18.4 Å². The Morgan fingerprint density at radius 1 is 0.833 bits per heavy atom. The fraction of sp³-hybridized carbons (Fsp3) is 0.0417. The number of nitrogens with zero attached hydrogens (tertiary/aromatic N) is 1. The molecule has 148 valence electrons. The van der Waals surface area contributed by atoms with Crippen LogP contribution < -0.4 is 15.4 Å². The minimum absolute atomic E-state index is 0.179. The van der Waals surface area contributed by atoms with Gasteiger partial charge in [0.15, 0.2) is 5.75 Å². The van der Waals surface area contributed by atoms with Gasteiger partial charge in [0.1, 0.15) is 5.75 Å². The molecule has 0 aliphatic heterocycles. The first-order chi connectivity index (χ1) is 14.7. The summed E-state index contributed by atoms with van der Waals surface area (Å²) in [5.41, 5.74) is 0.946. The van der Waals surface area contributed by atoms with E-state index in [2.05, 4.69) is 15.6 Å². The van der Waals surface area contributed by atoms with Gasteiger partial charge in [-0.2, -0.15) is 0 Å². The molecule has 1 heterocycles. The van der Waals surface area contributed by atoms with Gasteiger partial charge in [0.25, 0.3) is 5.91 Å². The predicted octanol–water partition coefficient (Wildman–Crippen LogP) is 4.40. The molecule has 6 nitrogen and oxygen atoms in total. The van der Waals surface area contributed by atoms with Crippen molar-refractivity contribution < 1.29 is 14.3 Å². The Morgan fingerprint density at radius 2 is 1.57 bits per heavy atom. The van der Waals surface area contributed by atoms with Crippen LogP contribution in [0.3, 0.4) is 0 Å². The number of rotatable bonds is 6. The molecule has 0 radical (unpaired) electrons. The van der Waals surface area contributed by atoms with Gasteiger partial charge in [-0.25, -0.2) is 0 Å². The summed E-state index contributed by atoms with van der Waals surface area (Å²) in [6.45, 7) is -0.179. The van der Waals surface area contributed by atoms with Crippen molar-refractivity contribution in [1.29, 1.82) is 0 Å². The molecule has 2 amide bonds. The van der Waals surface area contributed by atoms with Crippen LogP contribution in [0, 0.1) is 0 Å². The van der Waals surface area contributed by atoms with Gasteiger partial charge in [0.05, 0.1) is 17.8 Å². The van der Waals surface area contributed by atoms with Crippen LogP contribution in [-0.2, 0) is 4.79 Å². The molecule has 1 aromatic heterocycles. The van der Waals surface area contributed by atoms with Crippen LogP contribution in [0.1, 0.15) is 10.4 Å². The highest BCUT2D eigenvalue weighted by molar-refractivity contribution is 6.08. The average molecular weight is 397 g/mol. The number of anilines is 1. The number of pyridine rings is 1. The summed E-state index contributed by atoms with van der Waals surface area (Å²) in [5.74, 6) is 0.460. The minimum atomic E-state index is -0.361. The van der Waals surface area contributed by atoms with Crippen LogP contribution >= 0.6 is 0 Å². The molecule has 0 fully saturated rings. The lowest BCUT2D eigenvalue weighted by Crippen LogP contribution is -2.33. The molecule has 4 rings (SSSR count). The Kier molecular flexibility index (Phi) is 5.66. The molecule has 0 spiro atoms. The highest BCUT2D eigenvalue weighted by Crippen LogP contribution is 2.29. The first-order valence-electron chi connectivity index (χ1n) is 9.43. The van der Waals surface area contributed by atoms with Gasteiger partial charge in [-0.3, -0.25) is 14.6 Å². The molecule has 0 bridgehead atoms. The van der Waals surface area contributed by atoms with Gasteiger partial charge in [-0.1, -0.05) is 54.6 Å². The van der Waals surface area contributed by atoms with E-state index in [9.17, 15) is 9.59 Å². The predicted molar refractivity (Wildman–Crippen MR) is 116 cm³/mol. The largest absolute Gasteiger partial charge is 0.455 e. The van der Waals surface area contributed by atoms with Gasteiger partial charge in [0, 0.05) is 17.8 Å². The molecule has 0 aliphatic rings. The van der Waals surface area contributed by atoms with Crippen LogP contribution in [0.15, 0.2) is 91.3 Å². The summed E-state index contributed by atoms with van der Waals surface area (Å²) in [4.78, 5) is 29.1. The fourth-order valence-electron chi connectivity index (χ4n) is 3.02. The topological polar surface area (TPSA) is 80.3 Å². The van der Waals surface area contributed by atoms with Gasteiger partial charge < -0.3 is 15.4 Å². The van der Waals surface area contributed by atoms with Gasteiger partial charge >= 0.3 is 0 Å². The standard InChI is InChI=1S/C24H19N3O3/c28-23(16-26-24(29)20-15-25-14-17-8-4-5-11-19(17)20)27-21-12-6-7-13-22(21)30-18-9-2-1-3-10-18/h1-15H,16H2,(H,26,29)(H,27,28). The third kappa shape index (κ3) is 4.44. The third-order valence-electron chi connectivity index (χ3n) is 4.45. The number of amides is 2. The summed E-state index contributed by atoms with van der Waals surface area (Å²) in [5, 5.41) is 7.08. The van der Waals surface area contributed by atoms with Crippen LogP contribution in [0.2, 0.25) is 0 Å². The second kappa shape index (κ2) is 8.87. The summed E-state index contributed by atoms with van der Waals surface area (Å²) < 4.78 is 5.84. The first-order valence-corrected chi connectivity index (χ1v) is 9.43. The van der Waals surface area contributed by atoms with Crippen molar-refractivity contribution in [2.45, 2.75) is 0 Å². The quantitative estimate of drug-likeness (QED) is 0.505. The maximum Gasteiger partial charge on any atom is 0.253 e. The molecule has 0 saturated carbocycles. The van der Waals surface area contributed by atoms with Crippen LogP contribution in [0.4, 0.5) is 5.69 Å². The van der Waals surface area contributed by atoms with E-state index < -0.39 is 0 Å². The average Bonchev–Trinajstić information content (AvgIpc) is 2.79. The summed E-state index contributed by atoms with van der Waals surface area (Å²) in [6, 6.07) is 23.9. The Hall–Kier alpha value is -4.19. The minimum Gasteiger partial charge on any atom is -0.455 e. The van der Waals surface area contributed by atoms with E-state index in [4.69, 9.17) is 4.74 Å². The number of hydrogen-bond donors (Lipinski definition) is 2. The van der Waals surface area contributed by atoms with E-state index in [0.717, 1.165) is 10.8 Å². The molecule has 0 atom stereocenters. The molecule has 30 heavy (non-hydrogen) atoms. The van der Waals surface area contributed by atoms with Crippen LogP contribution in [-0.4, -0.2) is 23.3 Å². The van der Waals surface area contributed by atoms with Gasteiger partial charge in [-0.15, -0.1) is 0 Å². The normalized spacial score (nSPS) is 10.4. The molecule has 6 heteroatoms. The zero-order chi connectivity index (χ0) is 20.8. The van der Waals surface area contributed by atoms with Crippen molar-refractivity contribution >= 4 is 28.3 Å². The van der Waals surface area contributed by atoms with Crippen molar-refractivity contribution in [1.82, 2.24) is 10.3 Å². The van der Waals surface area contributed by atoms with Crippen LogP contribution in [0.25, 0.3) is 10.8 Å². The fourth-order valence-corrected chi connectivity index (χ4v) is 3.02. The highest BCUT2D eigenvalue weighted by Gasteiger charge is 2.13. The molecule has 4 aromatic rings. The lowest BCUT2D eigenvalue weighted by atomic mass is 10.1. The molecule has 0 unspecified atom stereocenters. The lowest BCUT2D eigenvalue weighted by molar-refractivity contribution is -0.115. The summed E-state index contributed by atoms with van der Waals surface area (Å²) in [6.07, 6.45) is 3.20. The van der Waals surface area contributed by atoms with E-state index >= 15 is 0 Å². The van der Waals surface area contributed by atoms with Crippen LogP contribution in [0.5, 0.6) is 11.5 Å². The number of carbonyl (C=O) groups is 2. The van der Waals surface area contributed by atoms with Crippen molar-refractivity contribution in [2.75, 3.05) is 11.9 Å². The summed E-state index contributed by atoms with van der Waals surface area (Å²) in [7, 11) is 0. The Labute approximate surface area is 173 Å². The molecule has 0 saturated heterocycles. The molecule has 0 aliphatic carbocycles. The van der Waals surface area contributed by atoms with E-state index in [1.807, 2.05) is 60.7 Å². The second-order valence-corrected chi connectivity index (χ2v) is 6.55. The van der Waals surface area contributed by atoms with Crippen molar-refractivity contribution in [3.8, 4) is 11.5 Å². The zero-order valence-electron chi connectivity index (χ0n) is 16.0. The lowest BCUT2D eigenvalue weighted by Gasteiger charge is -2.13. The number of benzene rings is 3. The maximum atomic E-state index is 12.6. The second-order valence-electron chi connectivity index (χ2n) is 6.55. The zero-order valence-corrected chi connectivity index (χ0v) is 16.0. The SMILES string of the molecule is O=C(CNC(=O)c1cncc2ccccc12)Nc1ccccc1Oc1ccccc1. The number of ether oxygens (including phenoxy) is 1. The Bertz CT molecular complexity index is 1190. The van der Waals surface area contributed by atoms with E-state index in [1.54, 1.807) is 24.4 Å². The monoisotopic (exact) mass is 397 g/mol. The third-order valence-corrected chi connectivity index (χ3v) is 4.45. The molecule has 3 aromatic carbocycles. The van der Waals surface area contributed by atoms with E-state index in [0.29, 0.717) is 22.7 Å². The number of carbonyl (C=O) groups excluding carboxylic acids is 2. The maximum absolute atomic E-state index is 12.6. The Morgan fingerprint density at radius 3 is 2.43 bits per heavy atom. The molecule has 2 N–H and O–H groups in total. The van der Waals surface area contributed by atoms with Gasteiger partial charge in [0.2, 0.25) is 5.91 Å². The number of para-hydroxylation sites is 3. The summed E-state index contributed by atoms with van der Waals surface area (Å²) >= 11 is 0. The van der Waals surface area contributed by atoms with Crippen molar-refractivity contribution in [3.63, 3.8) is 0 Å². The van der Waals surface area contributed by atoms with Crippen molar-refractivity contribution in [3.05, 3.63) is 96.8 Å². The molecular formula is C24H19N3O3. The van der Waals surface area contributed by atoms with Gasteiger partial charge in [-0.05, 0) is 29.7 Å². The van der Waals surface area contributed by atoms with Crippen molar-refractivity contribution in [2.24, 2.45) is 0 Å². The number of aromatic nitrogens is 1. The highest BCUT2D eigenvalue weighted by atomic mass is 16.5. The first kappa shape index (κ1) is 19.1. The number of nitrogens with one attached hydrogen (secondary N) is 2. The Balaban J connectivity index is 1.41. The molecular weight excluding hydrogens is 378 g/mol. The smallest absolute Gasteiger partial charge is 0.253 e. The number of hydrogen-bond acceptors (Lipinski definition) is 4. The number of fused-ring (bicyclic) bond motifs is 1.